The first kappa shape index (κ1) is 31.1. The van der Waals surface area contributed by atoms with Crippen LogP contribution in [-0.4, -0.2) is 0 Å². The van der Waals surface area contributed by atoms with Gasteiger partial charge in [-0.3, -0.25) is 0 Å². The third-order valence-electron chi connectivity index (χ3n) is 11.9. The highest BCUT2D eigenvalue weighted by Gasteiger charge is 2.61. The van der Waals surface area contributed by atoms with Crippen molar-refractivity contribution < 1.29 is 0 Å². The monoisotopic (exact) mass is 584 g/mol. The SMILES string of the molecule is C=CCCCC1CCC(C(c2ccccc2)(c2ccccc2)C2C3C=C(C(C)(C)C)C=CC3C3C=CC(C(C)(C)C)=CC32)C1. The van der Waals surface area contributed by atoms with Crippen LogP contribution in [0.1, 0.15) is 91.2 Å². The summed E-state index contributed by atoms with van der Waals surface area (Å²) in [4.78, 5) is 0. The fourth-order valence-corrected chi connectivity index (χ4v) is 9.78. The van der Waals surface area contributed by atoms with Gasteiger partial charge in [-0.1, -0.05) is 158 Å². The normalized spacial score (nSPS) is 30.0. The van der Waals surface area contributed by atoms with Crippen LogP contribution < -0.4 is 0 Å². The largest absolute Gasteiger partial charge is 0.103 e. The first-order valence-corrected chi connectivity index (χ1v) is 17.6. The molecule has 0 spiro atoms. The van der Waals surface area contributed by atoms with Gasteiger partial charge < -0.3 is 0 Å². The summed E-state index contributed by atoms with van der Waals surface area (Å²) < 4.78 is 0. The summed E-state index contributed by atoms with van der Waals surface area (Å²) in [5.74, 6) is 3.93. The van der Waals surface area contributed by atoms with Gasteiger partial charge in [0.2, 0.25) is 0 Å². The molecule has 6 unspecified atom stereocenters. The smallest absolute Gasteiger partial charge is 0.0270 e. The van der Waals surface area contributed by atoms with Gasteiger partial charge in [-0.25, -0.2) is 0 Å². The molecule has 6 rings (SSSR count). The van der Waals surface area contributed by atoms with E-state index in [2.05, 4.69) is 151 Å². The minimum atomic E-state index is -0.0621. The summed E-state index contributed by atoms with van der Waals surface area (Å²) in [5.41, 5.74) is 6.29. The maximum atomic E-state index is 4.01. The quantitative estimate of drug-likeness (QED) is 0.214. The Labute approximate surface area is 269 Å². The second kappa shape index (κ2) is 12.2. The zero-order valence-corrected chi connectivity index (χ0v) is 28.3. The Bertz CT molecular complexity index is 1320. The lowest BCUT2D eigenvalue weighted by atomic mass is 9.52. The number of unbranched alkanes of at least 4 members (excludes halogenated alkanes) is 1. The molecule has 0 radical (unpaired) electrons. The number of allylic oxidation sites excluding steroid dienone is 9. The molecule has 232 valence electrons. The van der Waals surface area contributed by atoms with E-state index in [0.29, 0.717) is 35.5 Å². The molecule has 0 N–H and O–H groups in total. The minimum absolute atomic E-state index is 0.0621. The predicted octanol–water partition coefficient (Wildman–Crippen LogP) is 11.9. The predicted molar refractivity (Wildman–Crippen MR) is 189 cm³/mol. The molecular formula is C44H56. The Morgan fingerprint density at radius 3 is 1.64 bits per heavy atom. The molecule has 2 saturated carbocycles. The van der Waals surface area contributed by atoms with Gasteiger partial charge in [0.05, 0.1) is 0 Å². The fraction of sp³-hybridized carbons (Fsp3) is 0.500. The van der Waals surface area contributed by atoms with E-state index in [1.54, 1.807) is 0 Å². The zero-order chi connectivity index (χ0) is 31.1. The molecule has 4 aliphatic carbocycles. The Hall–Kier alpha value is -2.86. The van der Waals surface area contributed by atoms with Gasteiger partial charge in [0.15, 0.2) is 0 Å². The molecule has 0 aliphatic heterocycles. The van der Waals surface area contributed by atoms with E-state index in [4.69, 9.17) is 0 Å². The van der Waals surface area contributed by atoms with Crippen LogP contribution in [0.5, 0.6) is 0 Å². The van der Waals surface area contributed by atoms with Crippen molar-refractivity contribution in [2.45, 2.75) is 85.5 Å². The number of fused-ring (bicyclic) bond motifs is 3. The summed E-state index contributed by atoms with van der Waals surface area (Å²) in [6.45, 7) is 18.4. The zero-order valence-electron chi connectivity index (χ0n) is 28.3. The molecule has 0 aromatic heterocycles. The summed E-state index contributed by atoms with van der Waals surface area (Å²) in [6, 6.07) is 23.6. The third-order valence-corrected chi connectivity index (χ3v) is 11.9. The van der Waals surface area contributed by atoms with Crippen molar-refractivity contribution in [3.8, 4) is 0 Å². The van der Waals surface area contributed by atoms with Crippen LogP contribution in [0.15, 0.2) is 121 Å². The topological polar surface area (TPSA) is 0 Å². The van der Waals surface area contributed by atoms with Crippen LogP contribution in [0.3, 0.4) is 0 Å². The van der Waals surface area contributed by atoms with Crippen LogP contribution in [0.4, 0.5) is 0 Å². The number of benzene rings is 2. The van der Waals surface area contributed by atoms with Crippen molar-refractivity contribution in [2.24, 2.45) is 52.3 Å². The van der Waals surface area contributed by atoms with Crippen molar-refractivity contribution in [2.75, 3.05) is 0 Å². The Kier molecular flexibility index (Phi) is 8.60. The van der Waals surface area contributed by atoms with Crippen LogP contribution >= 0.6 is 0 Å². The van der Waals surface area contributed by atoms with Crippen LogP contribution in [0, 0.1) is 52.3 Å². The number of hydrogen-bond donors (Lipinski definition) is 0. The highest BCUT2D eigenvalue weighted by atomic mass is 14.6. The fourth-order valence-electron chi connectivity index (χ4n) is 9.78. The molecule has 0 heteroatoms. The van der Waals surface area contributed by atoms with Gasteiger partial charge in [-0.05, 0) is 100 Å². The number of hydrogen-bond acceptors (Lipinski definition) is 0. The van der Waals surface area contributed by atoms with Crippen molar-refractivity contribution >= 4 is 0 Å². The average molecular weight is 585 g/mol. The summed E-state index contributed by atoms with van der Waals surface area (Å²) in [7, 11) is 0. The van der Waals surface area contributed by atoms with Gasteiger partial charge >= 0.3 is 0 Å². The van der Waals surface area contributed by atoms with Crippen molar-refractivity contribution in [3.05, 3.63) is 132 Å². The second-order valence-electron chi connectivity index (χ2n) is 16.5. The van der Waals surface area contributed by atoms with Gasteiger partial charge in [-0.2, -0.15) is 0 Å². The van der Waals surface area contributed by atoms with Crippen LogP contribution in [0.25, 0.3) is 0 Å². The van der Waals surface area contributed by atoms with Crippen molar-refractivity contribution in [1.82, 2.24) is 0 Å². The third kappa shape index (κ3) is 5.57. The highest BCUT2D eigenvalue weighted by molar-refractivity contribution is 5.48. The summed E-state index contributed by atoms with van der Waals surface area (Å²) in [5, 5.41) is 0. The summed E-state index contributed by atoms with van der Waals surface area (Å²) >= 11 is 0. The van der Waals surface area contributed by atoms with Crippen molar-refractivity contribution in [1.29, 1.82) is 0 Å². The van der Waals surface area contributed by atoms with Gasteiger partial charge in [0, 0.05) is 5.41 Å². The maximum absolute atomic E-state index is 4.01. The number of rotatable bonds is 8. The second-order valence-corrected chi connectivity index (χ2v) is 16.5. The summed E-state index contributed by atoms with van der Waals surface area (Å²) in [6.07, 6.45) is 25.5. The Balaban J connectivity index is 1.60. The highest BCUT2D eigenvalue weighted by Crippen LogP contribution is 2.65. The lowest BCUT2D eigenvalue weighted by Crippen LogP contribution is -2.47. The van der Waals surface area contributed by atoms with Crippen LogP contribution in [0.2, 0.25) is 0 Å². The first-order valence-electron chi connectivity index (χ1n) is 17.6. The average Bonchev–Trinajstić information content (AvgIpc) is 3.61. The molecule has 2 aromatic rings. The lowest BCUT2D eigenvalue weighted by Gasteiger charge is -2.50. The standard InChI is InChI=1S/C44H56/c1-8-9-12-17-31-22-23-36(28-31)44(32-18-13-10-14-19-32,33-20-15-11-16-21-33)41-39-29-34(42(2,3)4)24-26-37(39)38-27-25-35(30-40(38)41)43(5,6)7/h8,10-11,13-16,18-21,24-27,29-31,36-41H,1,9,12,17,22-23,28H2,2-7H3. The van der Waals surface area contributed by atoms with E-state index in [9.17, 15) is 0 Å². The molecule has 2 fully saturated rings. The van der Waals surface area contributed by atoms with E-state index in [0.717, 1.165) is 12.3 Å². The van der Waals surface area contributed by atoms with Crippen LogP contribution in [-0.2, 0) is 5.41 Å². The molecular weight excluding hydrogens is 528 g/mol. The van der Waals surface area contributed by atoms with E-state index < -0.39 is 0 Å². The molecule has 2 aromatic carbocycles. The van der Waals surface area contributed by atoms with E-state index in [1.165, 1.54) is 54.4 Å². The first-order chi connectivity index (χ1) is 21.0. The molecule has 4 aliphatic rings. The van der Waals surface area contributed by atoms with Gasteiger partial charge in [0.1, 0.15) is 0 Å². The van der Waals surface area contributed by atoms with E-state index in [1.807, 2.05) is 0 Å². The molecule has 0 amide bonds. The molecule has 0 bridgehead atoms. The van der Waals surface area contributed by atoms with Gasteiger partial charge in [-0.15, -0.1) is 6.58 Å². The molecule has 0 heterocycles. The maximum Gasteiger partial charge on any atom is 0.0270 e. The van der Waals surface area contributed by atoms with E-state index in [-0.39, 0.29) is 16.2 Å². The molecule has 0 saturated heterocycles. The Morgan fingerprint density at radius 2 is 1.18 bits per heavy atom. The molecule has 44 heavy (non-hydrogen) atoms. The van der Waals surface area contributed by atoms with Gasteiger partial charge in [0.25, 0.3) is 0 Å². The molecule has 0 nitrogen and oxygen atoms in total. The lowest BCUT2D eigenvalue weighted by molar-refractivity contribution is 0.153. The van der Waals surface area contributed by atoms with Crippen molar-refractivity contribution in [3.63, 3.8) is 0 Å². The van der Waals surface area contributed by atoms with E-state index >= 15 is 0 Å². The minimum Gasteiger partial charge on any atom is -0.103 e. The molecule has 6 atom stereocenters. The Morgan fingerprint density at radius 1 is 0.682 bits per heavy atom.